The highest BCUT2D eigenvalue weighted by Gasteiger charge is 2.38. The molecular weight excluding hydrogens is 214 g/mol. The van der Waals surface area contributed by atoms with Crippen LogP contribution in [0.15, 0.2) is 0 Å². The van der Waals surface area contributed by atoms with Gasteiger partial charge in [-0.1, -0.05) is 19.3 Å². The molecule has 1 aliphatic carbocycles. The Kier molecular flexibility index (Phi) is 3.34. The minimum absolute atomic E-state index is 0.124. The largest absolute Gasteiger partial charge is 0.337 e. The van der Waals surface area contributed by atoms with Crippen LogP contribution in [0.1, 0.15) is 32.1 Å². The van der Waals surface area contributed by atoms with E-state index >= 15 is 0 Å². The van der Waals surface area contributed by atoms with E-state index in [1.54, 1.807) is 0 Å². The first kappa shape index (κ1) is 11.5. The summed E-state index contributed by atoms with van der Waals surface area (Å²) in [6.45, 7) is 4.96. The molecule has 96 valence electrons. The summed E-state index contributed by atoms with van der Waals surface area (Å²) >= 11 is 0. The molecule has 0 spiro atoms. The molecular formula is C13H23N3O. The number of piperazine rings is 2. The van der Waals surface area contributed by atoms with Gasteiger partial charge in [-0.2, -0.15) is 0 Å². The van der Waals surface area contributed by atoms with Crippen molar-refractivity contribution in [2.45, 2.75) is 44.2 Å². The summed E-state index contributed by atoms with van der Waals surface area (Å²) in [5.74, 6) is 0.385. The second-order valence-electron chi connectivity index (χ2n) is 5.58. The van der Waals surface area contributed by atoms with Crippen LogP contribution in [0.3, 0.4) is 0 Å². The average Bonchev–Trinajstić information content (AvgIpc) is 2.40. The quantitative estimate of drug-likeness (QED) is 0.718. The predicted molar refractivity (Wildman–Crippen MR) is 66.8 cm³/mol. The van der Waals surface area contributed by atoms with E-state index in [1.165, 1.54) is 32.1 Å². The van der Waals surface area contributed by atoms with Crippen molar-refractivity contribution in [2.24, 2.45) is 0 Å². The van der Waals surface area contributed by atoms with Gasteiger partial charge in [0.2, 0.25) is 5.91 Å². The zero-order valence-corrected chi connectivity index (χ0v) is 10.5. The van der Waals surface area contributed by atoms with E-state index in [0.717, 1.165) is 32.7 Å². The van der Waals surface area contributed by atoms with Gasteiger partial charge in [-0.25, -0.2) is 0 Å². The molecule has 17 heavy (non-hydrogen) atoms. The molecule has 0 aromatic rings. The highest BCUT2D eigenvalue weighted by molar-refractivity contribution is 5.83. The van der Waals surface area contributed by atoms with Crippen molar-refractivity contribution in [2.75, 3.05) is 32.7 Å². The first-order valence-corrected chi connectivity index (χ1v) is 7.11. The second kappa shape index (κ2) is 4.94. The van der Waals surface area contributed by atoms with Gasteiger partial charge in [0.1, 0.15) is 6.04 Å². The molecule has 1 amide bonds. The number of amides is 1. The lowest BCUT2D eigenvalue weighted by Crippen LogP contribution is -2.65. The van der Waals surface area contributed by atoms with Crippen molar-refractivity contribution in [3.8, 4) is 0 Å². The number of hydrogen-bond acceptors (Lipinski definition) is 3. The molecule has 2 heterocycles. The Morgan fingerprint density at radius 3 is 2.71 bits per heavy atom. The Morgan fingerprint density at radius 1 is 1.06 bits per heavy atom. The van der Waals surface area contributed by atoms with Gasteiger partial charge >= 0.3 is 0 Å². The second-order valence-corrected chi connectivity index (χ2v) is 5.58. The maximum Gasteiger partial charge on any atom is 0.241 e. The lowest BCUT2D eigenvalue weighted by Gasteiger charge is -2.46. The molecule has 1 saturated carbocycles. The molecule has 3 fully saturated rings. The third kappa shape index (κ3) is 2.20. The minimum Gasteiger partial charge on any atom is -0.337 e. The number of fused-ring (bicyclic) bond motifs is 1. The summed E-state index contributed by atoms with van der Waals surface area (Å²) in [4.78, 5) is 17.1. The minimum atomic E-state index is 0.124. The molecule has 2 saturated heterocycles. The lowest BCUT2D eigenvalue weighted by molar-refractivity contribution is -0.146. The van der Waals surface area contributed by atoms with Crippen molar-refractivity contribution in [1.82, 2.24) is 15.1 Å². The molecule has 0 bridgehead atoms. The molecule has 3 rings (SSSR count). The predicted octanol–water partition coefficient (Wildman–Crippen LogP) is 0.435. The maximum absolute atomic E-state index is 12.5. The van der Waals surface area contributed by atoms with Gasteiger partial charge in [-0.05, 0) is 12.8 Å². The Bertz CT molecular complexity index is 288. The molecule has 0 aromatic carbocycles. The molecule has 4 nitrogen and oxygen atoms in total. The van der Waals surface area contributed by atoms with Crippen LogP contribution < -0.4 is 5.32 Å². The van der Waals surface area contributed by atoms with Gasteiger partial charge in [-0.3, -0.25) is 9.69 Å². The Hall–Kier alpha value is -0.610. The zero-order chi connectivity index (χ0) is 11.7. The van der Waals surface area contributed by atoms with E-state index in [9.17, 15) is 4.79 Å². The normalized spacial score (nSPS) is 32.6. The number of nitrogens with zero attached hydrogens (tertiary/aromatic N) is 2. The molecule has 1 unspecified atom stereocenters. The average molecular weight is 237 g/mol. The maximum atomic E-state index is 12.5. The Labute approximate surface area is 103 Å². The summed E-state index contributed by atoms with van der Waals surface area (Å²) in [6.07, 6.45) is 6.43. The Balaban J connectivity index is 1.67. The SMILES string of the molecule is O=C1C2CNCCN2CCN1C1CCCCC1. The number of carbonyl (C=O) groups is 1. The van der Waals surface area contributed by atoms with Crippen molar-refractivity contribution in [3.63, 3.8) is 0 Å². The molecule has 1 N–H and O–H groups in total. The number of carbonyl (C=O) groups excluding carboxylic acids is 1. The van der Waals surface area contributed by atoms with E-state index in [1.807, 2.05) is 0 Å². The zero-order valence-electron chi connectivity index (χ0n) is 10.5. The van der Waals surface area contributed by atoms with Crippen LogP contribution >= 0.6 is 0 Å². The molecule has 4 heteroatoms. The third-order valence-electron chi connectivity index (χ3n) is 4.57. The van der Waals surface area contributed by atoms with Crippen molar-refractivity contribution >= 4 is 5.91 Å². The van der Waals surface area contributed by atoms with Gasteiger partial charge < -0.3 is 10.2 Å². The van der Waals surface area contributed by atoms with Crippen LogP contribution in [0.2, 0.25) is 0 Å². The fourth-order valence-corrected chi connectivity index (χ4v) is 3.55. The fourth-order valence-electron chi connectivity index (χ4n) is 3.55. The van der Waals surface area contributed by atoms with Gasteiger partial charge in [0.15, 0.2) is 0 Å². The summed E-state index contributed by atoms with van der Waals surface area (Å²) in [6, 6.07) is 0.666. The molecule has 0 radical (unpaired) electrons. The first-order chi connectivity index (χ1) is 8.36. The highest BCUT2D eigenvalue weighted by Crippen LogP contribution is 2.25. The number of rotatable bonds is 1. The van der Waals surface area contributed by atoms with E-state index in [0.29, 0.717) is 11.9 Å². The summed E-state index contributed by atoms with van der Waals surface area (Å²) in [7, 11) is 0. The fraction of sp³-hybridized carbons (Fsp3) is 0.923. The van der Waals surface area contributed by atoms with Gasteiger partial charge in [-0.15, -0.1) is 0 Å². The van der Waals surface area contributed by atoms with Crippen LogP contribution in [-0.4, -0.2) is 60.5 Å². The molecule has 1 atom stereocenters. The van der Waals surface area contributed by atoms with Crippen LogP contribution in [0, 0.1) is 0 Å². The van der Waals surface area contributed by atoms with E-state index in [-0.39, 0.29) is 6.04 Å². The summed E-state index contributed by atoms with van der Waals surface area (Å²) in [5, 5.41) is 3.35. The highest BCUT2D eigenvalue weighted by atomic mass is 16.2. The van der Waals surface area contributed by atoms with E-state index < -0.39 is 0 Å². The third-order valence-corrected chi connectivity index (χ3v) is 4.57. The standard InChI is InChI=1S/C13H23N3O/c17-13-12-10-14-6-7-15(12)8-9-16(13)11-4-2-1-3-5-11/h11-12,14H,1-10H2. The van der Waals surface area contributed by atoms with E-state index in [2.05, 4.69) is 15.1 Å². The van der Waals surface area contributed by atoms with Gasteiger partial charge in [0.05, 0.1) is 0 Å². The van der Waals surface area contributed by atoms with Crippen molar-refractivity contribution in [1.29, 1.82) is 0 Å². The van der Waals surface area contributed by atoms with Gasteiger partial charge in [0, 0.05) is 38.8 Å². The van der Waals surface area contributed by atoms with Gasteiger partial charge in [0.25, 0.3) is 0 Å². The molecule has 2 aliphatic heterocycles. The summed E-state index contributed by atoms with van der Waals surface area (Å²) in [5.41, 5.74) is 0. The molecule has 0 aromatic heterocycles. The van der Waals surface area contributed by atoms with Crippen LogP contribution in [-0.2, 0) is 4.79 Å². The smallest absolute Gasteiger partial charge is 0.241 e. The van der Waals surface area contributed by atoms with E-state index in [4.69, 9.17) is 0 Å². The topological polar surface area (TPSA) is 35.6 Å². The monoisotopic (exact) mass is 237 g/mol. The van der Waals surface area contributed by atoms with Crippen molar-refractivity contribution < 1.29 is 4.79 Å². The number of hydrogen-bond donors (Lipinski definition) is 1. The first-order valence-electron chi connectivity index (χ1n) is 7.11. The van der Waals surface area contributed by atoms with Crippen LogP contribution in [0.4, 0.5) is 0 Å². The number of nitrogens with one attached hydrogen (secondary N) is 1. The Morgan fingerprint density at radius 2 is 1.88 bits per heavy atom. The molecule has 3 aliphatic rings. The summed E-state index contributed by atoms with van der Waals surface area (Å²) < 4.78 is 0. The van der Waals surface area contributed by atoms with Crippen LogP contribution in [0.25, 0.3) is 0 Å². The van der Waals surface area contributed by atoms with Crippen molar-refractivity contribution in [3.05, 3.63) is 0 Å². The lowest BCUT2D eigenvalue weighted by atomic mass is 9.92. The van der Waals surface area contributed by atoms with Crippen LogP contribution in [0.5, 0.6) is 0 Å².